The Labute approximate surface area is 70.1 Å². The minimum absolute atomic E-state index is 0.0898. The molecule has 2 nitrogen and oxygen atoms in total. The van der Waals surface area contributed by atoms with Crippen LogP contribution in [0.1, 0.15) is 40.5 Å². The highest BCUT2D eigenvalue weighted by Gasteiger charge is 2.10. The molecule has 0 aliphatic rings. The fraction of sp³-hybridized carbons (Fsp3) is 1.00. The van der Waals surface area contributed by atoms with Gasteiger partial charge in [0.1, 0.15) is 0 Å². The second kappa shape index (κ2) is 4.73. The van der Waals surface area contributed by atoms with Crippen LogP contribution in [0.3, 0.4) is 0 Å². The molecule has 0 saturated carbocycles. The van der Waals surface area contributed by atoms with Crippen molar-refractivity contribution in [1.82, 2.24) is 0 Å². The van der Waals surface area contributed by atoms with E-state index in [4.69, 9.17) is 10.5 Å². The number of hydrogen-bond donors (Lipinski definition) is 1. The maximum absolute atomic E-state index is 5.78. The van der Waals surface area contributed by atoms with E-state index in [1.165, 1.54) is 0 Å². The predicted molar refractivity (Wildman–Crippen MR) is 48.6 cm³/mol. The molecule has 0 aliphatic heterocycles. The lowest BCUT2D eigenvalue weighted by molar-refractivity contribution is 0.0538. The Kier molecular flexibility index (Phi) is 4.69. The van der Waals surface area contributed by atoms with Gasteiger partial charge in [0, 0.05) is 12.1 Å². The van der Waals surface area contributed by atoms with Gasteiger partial charge in [0.15, 0.2) is 0 Å². The molecule has 0 bridgehead atoms. The van der Waals surface area contributed by atoms with E-state index < -0.39 is 0 Å². The first-order valence-electron chi connectivity index (χ1n) is 4.36. The Morgan fingerprint density at radius 3 is 2.36 bits per heavy atom. The summed E-state index contributed by atoms with van der Waals surface area (Å²) >= 11 is 0. The van der Waals surface area contributed by atoms with Crippen LogP contribution in [0.5, 0.6) is 0 Å². The monoisotopic (exact) mass is 159 g/mol. The lowest BCUT2D eigenvalue weighted by Gasteiger charge is -2.19. The van der Waals surface area contributed by atoms with Gasteiger partial charge in [0.25, 0.3) is 0 Å². The molecule has 0 aliphatic carbocycles. The zero-order valence-corrected chi connectivity index (χ0v) is 8.18. The molecule has 0 aromatic heterocycles. The summed E-state index contributed by atoms with van der Waals surface area (Å²) in [7, 11) is 0. The summed E-state index contributed by atoms with van der Waals surface area (Å²) in [6.45, 7) is 9.03. The normalized spacial score (nSPS) is 15.0. The largest absolute Gasteiger partial charge is 0.378 e. The molecule has 2 N–H and O–H groups in total. The van der Waals surface area contributed by atoms with Crippen molar-refractivity contribution in [2.75, 3.05) is 6.61 Å². The van der Waals surface area contributed by atoms with E-state index in [0.29, 0.717) is 6.10 Å². The first-order valence-corrected chi connectivity index (χ1v) is 4.36. The maximum Gasteiger partial charge on any atom is 0.0544 e. The molecule has 0 radical (unpaired) electrons. The van der Waals surface area contributed by atoms with E-state index in [1.807, 2.05) is 13.8 Å². The standard InChI is InChI=1S/C9H21NO/c1-5-8(2)11-7-6-9(3,4)10/h8H,5-7,10H2,1-4H3. The summed E-state index contributed by atoms with van der Waals surface area (Å²) in [5, 5.41) is 0. The second-order valence-corrected chi connectivity index (χ2v) is 3.83. The molecular weight excluding hydrogens is 138 g/mol. The van der Waals surface area contributed by atoms with Crippen molar-refractivity contribution in [2.45, 2.75) is 52.2 Å². The molecule has 11 heavy (non-hydrogen) atoms. The van der Waals surface area contributed by atoms with E-state index in [2.05, 4.69) is 13.8 Å². The SMILES string of the molecule is CCC(C)OCCC(C)(C)N. The van der Waals surface area contributed by atoms with Crippen molar-refractivity contribution >= 4 is 0 Å². The van der Waals surface area contributed by atoms with E-state index in [9.17, 15) is 0 Å². The smallest absolute Gasteiger partial charge is 0.0544 e. The van der Waals surface area contributed by atoms with Crippen LogP contribution in [0.2, 0.25) is 0 Å². The van der Waals surface area contributed by atoms with Crippen molar-refractivity contribution in [3.8, 4) is 0 Å². The Morgan fingerprint density at radius 1 is 1.45 bits per heavy atom. The summed E-state index contributed by atoms with van der Waals surface area (Å²) in [5.41, 5.74) is 5.69. The molecule has 1 atom stereocenters. The van der Waals surface area contributed by atoms with Crippen LogP contribution in [-0.4, -0.2) is 18.2 Å². The van der Waals surface area contributed by atoms with Crippen molar-refractivity contribution in [3.05, 3.63) is 0 Å². The molecule has 0 aromatic rings. The number of rotatable bonds is 5. The minimum atomic E-state index is -0.0898. The van der Waals surface area contributed by atoms with Gasteiger partial charge in [0.2, 0.25) is 0 Å². The zero-order chi connectivity index (χ0) is 8.91. The van der Waals surface area contributed by atoms with Gasteiger partial charge >= 0.3 is 0 Å². The molecule has 1 unspecified atom stereocenters. The highest BCUT2D eigenvalue weighted by Crippen LogP contribution is 2.05. The fourth-order valence-electron chi connectivity index (χ4n) is 0.641. The van der Waals surface area contributed by atoms with Gasteiger partial charge in [-0.25, -0.2) is 0 Å². The van der Waals surface area contributed by atoms with E-state index in [1.54, 1.807) is 0 Å². The minimum Gasteiger partial charge on any atom is -0.378 e. The van der Waals surface area contributed by atoms with Gasteiger partial charge in [-0.1, -0.05) is 6.92 Å². The summed E-state index contributed by atoms with van der Waals surface area (Å²) in [4.78, 5) is 0. The van der Waals surface area contributed by atoms with Crippen LogP contribution < -0.4 is 5.73 Å². The van der Waals surface area contributed by atoms with Gasteiger partial charge in [-0.15, -0.1) is 0 Å². The maximum atomic E-state index is 5.78. The molecule has 0 rings (SSSR count). The Morgan fingerprint density at radius 2 is 2.00 bits per heavy atom. The number of ether oxygens (including phenoxy) is 1. The first kappa shape index (κ1) is 10.9. The third-order valence-electron chi connectivity index (χ3n) is 1.72. The van der Waals surface area contributed by atoms with Crippen LogP contribution in [0, 0.1) is 0 Å². The summed E-state index contributed by atoms with van der Waals surface area (Å²) in [5.74, 6) is 0. The summed E-state index contributed by atoms with van der Waals surface area (Å²) in [6.07, 6.45) is 2.37. The van der Waals surface area contributed by atoms with Gasteiger partial charge in [0.05, 0.1) is 6.10 Å². The molecule has 68 valence electrons. The third kappa shape index (κ3) is 7.82. The molecule has 0 fully saturated rings. The van der Waals surface area contributed by atoms with Gasteiger partial charge < -0.3 is 10.5 Å². The van der Waals surface area contributed by atoms with Crippen LogP contribution >= 0.6 is 0 Å². The van der Waals surface area contributed by atoms with E-state index in [-0.39, 0.29) is 5.54 Å². The lowest BCUT2D eigenvalue weighted by Crippen LogP contribution is -2.33. The molecule has 0 amide bonds. The Balaban J connectivity index is 3.28. The van der Waals surface area contributed by atoms with Crippen molar-refractivity contribution in [2.24, 2.45) is 5.73 Å². The summed E-state index contributed by atoms with van der Waals surface area (Å²) < 4.78 is 5.49. The average Bonchev–Trinajstić information content (AvgIpc) is 1.85. The second-order valence-electron chi connectivity index (χ2n) is 3.83. The van der Waals surface area contributed by atoms with Gasteiger partial charge in [-0.2, -0.15) is 0 Å². The van der Waals surface area contributed by atoms with Crippen LogP contribution in [-0.2, 0) is 4.74 Å². The topological polar surface area (TPSA) is 35.2 Å². The molecule has 0 heterocycles. The predicted octanol–water partition coefficient (Wildman–Crippen LogP) is 1.93. The number of hydrogen-bond acceptors (Lipinski definition) is 2. The quantitative estimate of drug-likeness (QED) is 0.665. The van der Waals surface area contributed by atoms with Crippen LogP contribution in [0.25, 0.3) is 0 Å². The number of nitrogens with two attached hydrogens (primary N) is 1. The van der Waals surface area contributed by atoms with Gasteiger partial charge in [-0.05, 0) is 33.6 Å². The van der Waals surface area contributed by atoms with Crippen LogP contribution in [0.15, 0.2) is 0 Å². The van der Waals surface area contributed by atoms with Crippen LogP contribution in [0.4, 0.5) is 0 Å². The Hall–Kier alpha value is -0.0800. The molecule has 0 aromatic carbocycles. The molecular formula is C9H21NO. The van der Waals surface area contributed by atoms with Crippen molar-refractivity contribution < 1.29 is 4.74 Å². The van der Waals surface area contributed by atoms with Crippen molar-refractivity contribution in [1.29, 1.82) is 0 Å². The molecule has 2 heteroatoms. The van der Waals surface area contributed by atoms with Gasteiger partial charge in [-0.3, -0.25) is 0 Å². The van der Waals surface area contributed by atoms with E-state index in [0.717, 1.165) is 19.4 Å². The summed E-state index contributed by atoms with van der Waals surface area (Å²) in [6, 6.07) is 0. The highest BCUT2D eigenvalue weighted by molar-refractivity contribution is 4.70. The highest BCUT2D eigenvalue weighted by atomic mass is 16.5. The van der Waals surface area contributed by atoms with E-state index >= 15 is 0 Å². The molecule has 0 spiro atoms. The zero-order valence-electron chi connectivity index (χ0n) is 8.18. The lowest BCUT2D eigenvalue weighted by atomic mass is 10.0. The fourth-order valence-corrected chi connectivity index (χ4v) is 0.641. The first-order chi connectivity index (χ1) is 4.95. The van der Waals surface area contributed by atoms with Crippen molar-refractivity contribution in [3.63, 3.8) is 0 Å². The average molecular weight is 159 g/mol. The Bertz CT molecular complexity index is 96.2. The third-order valence-corrected chi connectivity index (χ3v) is 1.72. The molecule has 0 saturated heterocycles.